The minimum atomic E-state index is 0.374. The minimum absolute atomic E-state index is 0.374. The molecule has 6 rings (SSSR count). The zero-order valence-electron chi connectivity index (χ0n) is 17.7. The van der Waals surface area contributed by atoms with Crippen LogP contribution in [-0.2, 0) is 6.42 Å². The zero-order valence-corrected chi connectivity index (χ0v) is 17.7. The Bertz CT molecular complexity index is 1370. The Balaban J connectivity index is 1.38. The summed E-state index contributed by atoms with van der Waals surface area (Å²) < 4.78 is 0. The molecule has 1 unspecified atom stereocenters. The van der Waals surface area contributed by atoms with Gasteiger partial charge >= 0.3 is 0 Å². The third kappa shape index (κ3) is 3.18. The summed E-state index contributed by atoms with van der Waals surface area (Å²) in [7, 11) is 0. The number of nitrogens with one attached hydrogen (secondary N) is 1. The topological polar surface area (TPSA) is 12.0 Å². The van der Waals surface area contributed by atoms with Crippen molar-refractivity contribution in [2.24, 2.45) is 0 Å². The second-order valence-electron chi connectivity index (χ2n) is 8.70. The summed E-state index contributed by atoms with van der Waals surface area (Å²) >= 11 is 0. The highest BCUT2D eigenvalue weighted by Gasteiger charge is 2.18. The predicted octanol–water partition coefficient (Wildman–Crippen LogP) is 7.68. The number of benzene rings is 4. The molecule has 4 aromatic rings. The lowest BCUT2D eigenvalue weighted by Gasteiger charge is -2.22. The van der Waals surface area contributed by atoms with Crippen molar-refractivity contribution in [3.8, 4) is 22.3 Å². The van der Waals surface area contributed by atoms with Crippen molar-refractivity contribution in [1.82, 2.24) is 0 Å². The van der Waals surface area contributed by atoms with Crippen molar-refractivity contribution in [3.05, 3.63) is 114 Å². The monoisotopic (exact) mass is 399 g/mol. The first-order chi connectivity index (χ1) is 15.3. The largest absolute Gasteiger partial charge is 0.378 e. The summed E-state index contributed by atoms with van der Waals surface area (Å²) in [5.74, 6) is 0. The van der Waals surface area contributed by atoms with Gasteiger partial charge in [0.05, 0.1) is 0 Å². The molecular weight excluding hydrogens is 374 g/mol. The Morgan fingerprint density at radius 3 is 2.45 bits per heavy atom. The highest BCUT2D eigenvalue weighted by atomic mass is 14.9. The molecule has 4 aromatic carbocycles. The van der Waals surface area contributed by atoms with Gasteiger partial charge in [-0.25, -0.2) is 0 Å². The van der Waals surface area contributed by atoms with Gasteiger partial charge in [-0.2, -0.15) is 0 Å². The molecule has 0 saturated heterocycles. The Hall–Kier alpha value is -3.58. The molecule has 0 bridgehead atoms. The number of anilines is 1. The number of hydrogen-bond donors (Lipinski definition) is 1. The van der Waals surface area contributed by atoms with Crippen LogP contribution in [0.5, 0.6) is 0 Å². The number of hydrogen-bond acceptors (Lipinski definition) is 1. The number of aryl methyl sites for hydroxylation is 1. The van der Waals surface area contributed by atoms with Crippen molar-refractivity contribution >= 4 is 16.5 Å². The molecule has 1 N–H and O–H groups in total. The van der Waals surface area contributed by atoms with Gasteiger partial charge in [0.1, 0.15) is 0 Å². The van der Waals surface area contributed by atoms with Gasteiger partial charge in [0.2, 0.25) is 0 Å². The summed E-state index contributed by atoms with van der Waals surface area (Å²) in [5.41, 5.74) is 10.6. The third-order valence-corrected chi connectivity index (χ3v) is 6.65. The second-order valence-corrected chi connectivity index (χ2v) is 8.70. The molecule has 0 heterocycles. The van der Waals surface area contributed by atoms with E-state index < -0.39 is 0 Å². The summed E-state index contributed by atoms with van der Waals surface area (Å²) in [6.45, 7) is 2.20. The summed E-state index contributed by atoms with van der Waals surface area (Å²) in [6.07, 6.45) is 10.7. The lowest BCUT2D eigenvalue weighted by molar-refractivity contribution is 0.881. The molecule has 0 radical (unpaired) electrons. The molecule has 1 nitrogen and oxygen atoms in total. The minimum Gasteiger partial charge on any atom is -0.378 e. The normalized spacial score (nSPS) is 16.4. The standard InChI is InChI=1S/C30H25N/c1-20-17-22(15-16-29(20)31-26-10-3-2-4-11-26)23-13-14-24-18-25-9-5-7-21-8-6-12-27(30(21)25)28(24)19-23/h2-10,12-17,19,26,31H,11,18H2,1H3. The maximum atomic E-state index is 3.66. The zero-order chi connectivity index (χ0) is 20.8. The molecule has 0 spiro atoms. The molecule has 31 heavy (non-hydrogen) atoms. The molecule has 0 amide bonds. The van der Waals surface area contributed by atoms with Gasteiger partial charge in [-0.15, -0.1) is 0 Å². The van der Waals surface area contributed by atoms with Crippen LogP contribution in [0, 0.1) is 6.92 Å². The Morgan fingerprint density at radius 1 is 0.774 bits per heavy atom. The number of allylic oxidation sites excluding steroid dienone is 2. The molecule has 0 fully saturated rings. The van der Waals surface area contributed by atoms with Gasteiger partial charge in [0, 0.05) is 11.7 Å². The lowest BCUT2D eigenvalue weighted by Crippen LogP contribution is -2.17. The van der Waals surface area contributed by atoms with Gasteiger partial charge in [-0.1, -0.05) is 78.9 Å². The molecule has 1 atom stereocenters. The number of fused-ring (bicyclic) bond motifs is 2. The van der Waals surface area contributed by atoms with E-state index in [2.05, 4.69) is 109 Å². The molecule has 2 aliphatic carbocycles. The number of rotatable bonds is 3. The van der Waals surface area contributed by atoms with Crippen molar-refractivity contribution in [2.75, 3.05) is 5.32 Å². The van der Waals surface area contributed by atoms with Gasteiger partial charge in [0.15, 0.2) is 0 Å². The quantitative estimate of drug-likeness (QED) is 0.328. The van der Waals surface area contributed by atoms with Crippen LogP contribution in [0.1, 0.15) is 23.1 Å². The molecule has 1 heteroatoms. The molecule has 0 aliphatic heterocycles. The fourth-order valence-corrected chi connectivity index (χ4v) is 5.05. The van der Waals surface area contributed by atoms with E-state index in [1.54, 1.807) is 0 Å². The maximum absolute atomic E-state index is 3.66. The van der Waals surface area contributed by atoms with E-state index in [1.807, 2.05) is 0 Å². The van der Waals surface area contributed by atoms with E-state index in [1.165, 1.54) is 55.4 Å². The molecular formula is C30H25N. The Labute approximate surface area is 183 Å². The summed E-state index contributed by atoms with van der Waals surface area (Å²) in [6, 6.07) is 27.5. The van der Waals surface area contributed by atoms with Crippen LogP contribution in [0.2, 0.25) is 0 Å². The third-order valence-electron chi connectivity index (χ3n) is 6.65. The van der Waals surface area contributed by atoms with Crippen LogP contribution in [0.3, 0.4) is 0 Å². The second kappa shape index (κ2) is 7.28. The highest BCUT2D eigenvalue weighted by molar-refractivity contribution is 6.02. The fraction of sp³-hybridized carbons (Fsp3) is 0.133. The first kappa shape index (κ1) is 18.2. The van der Waals surface area contributed by atoms with Crippen LogP contribution >= 0.6 is 0 Å². The first-order valence-electron chi connectivity index (χ1n) is 11.1. The van der Waals surface area contributed by atoms with Gasteiger partial charge in [-0.3, -0.25) is 0 Å². The van der Waals surface area contributed by atoms with E-state index in [0.29, 0.717) is 6.04 Å². The van der Waals surface area contributed by atoms with Gasteiger partial charge < -0.3 is 5.32 Å². The average Bonchev–Trinajstić information content (AvgIpc) is 2.81. The summed E-state index contributed by atoms with van der Waals surface area (Å²) in [4.78, 5) is 0. The van der Waals surface area contributed by atoms with Gasteiger partial charge in [0.25, 0.3) is 0 Å². The van der Waals surface area contributed by atoms with Crippen molar-refractivity contribution in [3.63, 3.8) is 0 Å². The summed E-state index contributed by atoms with van der Waals surface area (Å²) in [5, 5.41) is 6.42. The van der Waals surface area contributed by atoms with E-state index in [4.69, 9.17) is 0 Å². The molecule has 150 valence electrons. The van der Waals surface area contributed by atoms with Crippen LogP contribution in [0.25, 0.3) is 33.0 Å². The molecule has 0 aromatic heterocycles. The predicted molar refractivity (Wildman–Crippen MR) is 133 cm³/mol. The Morgan fingerprint density at radius 2 is 1.61 bits per heavy atom. The maximum Gasteiger partial charge on any atom is 0.0482 e. The smallest absolute Gasteiger partial charge is 0.0482 e. The highest BCUT2D eigenvalue weighted by Crippen LogP contribution is 2.41. The van der Waals surface area contributed by atoms with Crippen molar-refractivity contribution in [2.45, 2.75) is 25.8 Å². The molecule has 2 aliphatic rings. The Kier molecular flexibility index (Phi) is 4.28. The van der Waals surface area contributed by atoms with Crippen LogP contribution in [0.4, 0.5) is 5.69 Å². The van der Waals surface area contributed by atoms with E-state index >= 15 is 0 Å². The van der Waals surface area contributed by atoms with Crippen molar-refractivity contribution < 1.29 is 0 Å². The van der Waals surface area contributed by atoms with Crippen LogP contribution < -0.4 is 5.32 Å². The fourth-order valence-electron chi connectivity index (χ4n) is 5.05. The van der Waals surface area contributed by atoms with Gasteiger partial charge in [-0.05, 0) is 87.7 Å². The average molecular weight is 400 g/mol. The van der Waals surface area contributed by atoms with E-state index in [9.17, 15) is 0 Å². The van der Waals surface area contributed by atoms with Crippen molar-refractivity contribution in [1.29, 1.82) is 0 Å². The molecule has 0 saturated carbocycles. The lowest BCUT2D eigenvalue weighted by atomic mass is 9.82. The SMILES string of the molecule is Cc1cc(-c2ccc3c(c2)-c2cccc4cccc(c24)C3)ccc1NC1C=CC=CC1. The van der Waals surface area contributed by atoms with Crippen LogP contribution in [0.15, 0.2) is 97.1 Å². The van der Waals surface area contributed by atoms with E-state index in [0.717, 1.165) is 12.8 Å². The van der Waals surface area contributed by atoms with Crippen LogP contribution in [-0.4, -0.2) is 6.04 Å². The van der Waals surface area contributed by atoms with E-state index in [-0.39, 0.29) is 0 Å². The first-order valence-corrected chi connectivity index (χ1v) is 11.1.